The van der Waals surface area contributed by atoms with Gasteiger partial charge >= 0.3 is 6.09 Å². The first kappa shape index (κ1) is 18.8. The van der Waals surface area contributed by atoms with Crippen molar-refractivity contribution in [3.05, 3.63) is 29.8 Å². The van der Waals surface area contributed by atoms with Crippen molar-refractivity contribution in [3.63, 3.8) is 0 Å². The Morgan fingerprint density at radius 3 is 2.48 bits per heavy atom. The van der Waals surface area contributed by atoms with Crippen LogP contribution in [0.1, 0.15) is 65.4 Å². The Kier molecular flexibility index (Phi) is 4.74. The molecule has 1 amide bonds. The van der Waals surface area contributed by atoms with E-state index in [-0.39, 0.29) is 0 Å². The lowest BCUT2D eigenvalue weighted by Crippen LogP contribution is -2.41. The van der Waals surface area contributed by atoms with Crippen molar-refractivity contribution in [2.24, 2.45) is 23.2 Å². The summed E-state index contributed by atoms with van der Waals surface area (Å²) < 4.78 is 5.29. The van der Waals surface area contributed by atoms with Gasteiger partial charge in [0.1, 0.15) is 5.60 Å². The molecule has 4 heteroatoms. The molecule has 3 saturated carbocycles. The highest BCUT2D eigenvalue weighted by Gasteiger charge is 2.62. The van der Waals surface area contributed by atoms with Gasteiger partial charge in [-0.1, -0.05) is 19.1 Å². The van der Waals surface area contributed by atoms with Crippen LogP contribution in [0.3, 0.4) is 0 Å². The molecule has 1 aromatic carbocycles. The summed E-state index contributed by atoms with van der Waals surface area (Å²) in [5, 5.41) is 6.59. The van der Waals surface area contributed by atoms with Gasteiger partial charge in [-0.15, -0.1) is 0 Å². The lowest BCUT2D eigenvalue weighted by atomic mass is 9.56. The Hall–Kier alpha value is -1.55. The second kappa shape index (κ2) is 6.80. The Bertz CT molecular complexity index is 693. The average Bonchev–Trinajstić information content (AvgIpc) is 2.97. The highest BCUT2D eigenvalue weighted by Crippen LogP contribution is 2.69. The maximum absolute atomic E-state index is 11.8. The summed E-state index contributed by atoms with van der Waals surface area (Å²) in [6, 6.07) is 8.74. The van der Waals surface area contributed by atoms with Gasteiger partial charge in [0.25, 0.3) is 0 Å². The minimum Gasteiger partial charge on any atom is -0.444 e. The van der Waals surface area contributed by atoms with Crippen LogP contribution in [0.5, 0.6) is 0 Å². The third-order valence-electron chi connectivity index (χ3n) is 7.00. The second-order valence-electron chi connectivity index (χ2n) is 10.2. The van der Waals surface area contributed by atoms with Crippen LogP contribution < -0.4 is 10.6 Å². The first-order valence-electron chi connectivity index (χ1n) is 10.6. The number of benzene rings is 1. The minimum absolute atomic E-state index is 0.408. The summed E-state index contributed by atoms with van der Waals surface area (Å²) in [6.45, 7) is 8.94. The van der Waals surface area contributed by atoms with E-state index in [4.69, 9.17) is 4.74 Å². The van der Waals surface area contributed by atoms with Gasteiger partial charge in [-0.2, -0.15) is 0 Å². The van der Waals surface area contributed by atoms with Crippen LogP contribution in [0.25, 0.3) is 0 Å². The summed E-state index contributed by atoms with van der Waals surface area (Å²) in [4.78, 5) is 11.8. The maximum atomic E-state index is 11.8. The number of carbonyl (C=O) groups is 1. The number of nitrogens with one attached hydrogen (secondary N) is 2. The van der Waals surface area contributed by atoms with E-state index in [1.54, 1.807) is 0 Å². The fraction of sp³-hybridized carbons (Fsp3) is 0.696. The first-order valence-corrected chi connectivity index (χ1v) is 10.6. The van der Waals surface area contributed by atoms with E-state index in [2.05, 4.69) is 29.7 Å². The molecule has 0 saturated heterocycles. The maximum Gasteiger partial charge on any atom is 0.412 e. The van der Waals surface area contributed by atoms with Crippen LogP contribution in [0, 0.1) is 23.2 Å². The molecular weight excluding hydrogens is 336 g/mol. The molecule has 0 aliphatic heterocycles. The van der Waals surface area contributed by atoms with Crippen LogP contribution in [0.2, 0.25) is 0 Å². The molecule has 4 nitrogen and oxygen atoms in total. The van der Waals surface area contributed by atoms with E-state index in [1.165, 1.54) is 37.7 Å². The average molecular weight is 371 g/mol. The highest BCUT2D eigenvalue weighted by atomic mass is 16.6. The van der Waals surface area contributed by atoms with Gasteiger partial charge in [-0.25, -0.2) is 4.79 Å². The lowest BCUT2D eigenvalue weighted by molar-refractivity contribution is 0.00267. The standard InChI is InChI=1S/C23H34N2O2/c1-15-9-17-10-18-11-20(13-23(17,18)12-15)24-14-16-5-7-19(8-6-16)25-21(26)27-22(2,3)4/h5-8,15,17-18,20,24H,9-14H2,1-4H3,(H,25,26). The smallest absolute Gasteiger partial charge is 0.412 e. The second-order valence-corrected chi connectivity index (χ2v) is 10.2. The molecule has 1 spiro atoms. The normalized spacial score (nSPS) is 34.5. The summed E-state index contributed by atoms with van der Waals surface area (Å²) in [7, 11) is 0. The number of ether oxygens (including phenoxy) is 1. The summed E-state index contributed by atoms with van der Waals surface area (Å²) >= 11 is 0. The zero-order valence-electron chi connectivity index (χ0n) is 17.2. The van der Waals surface area contributed by atoms with E-state index in [0.717, 1.165) is 30.0 Å². The molecule has 3 aliphatic carbocycles. The van der Waals surface area contributed by atoms with E-state index >= 15 is 0 Å². The molecule has 5 unspecified atom stereocenters. The molecule has 3 aliphatic rings. The molecule has 4 rings (SSSR count). The fourth-order valence-electron chi connectivity index (χ4n) is 6.05. The van der Waals surface area contributed by atoms with Crippen LogP contribution in [0.15, 0.2) is 24.3 Å². The van der Waals surface area contributed by atoms with Gasteiger partial charge in [0.05, 0.1) is 0 Å². The zero-order valence-corrected chi connectivity index (χ0v) is 17.2. The number of hydrogen-bond donors (Lipinski definition) is 2. The first-order chi connectivity index (χ1) is 12.7. The van der Waals surface area contributed by atoms with Gasteiger partial charge in [0.2, 0.25) is 0 Å². The molecule has 5 atom stereocenters. The SMILES string of the molecule is CC1CC2CC3CC(NCc4ccc(NC(=O)OC(C)(C)C)cc4)CC23C1. The third kappa shape index (κ3) is 3.87. The molecule has 0 bridgehead atoms. The van der Waals surface area contributed by atoms with Crippen LogP contribution in [0.4, 0.5) is 10.5 Å². The van der Waals surface area contributed by atoms with E-state index < -0.39 is 11.7 Å². The Balaban J connectivity index is 1.26. The summed E-state index contributed by atoms with van der Waals surface area (Å²) in [5.74, 6) is 2.93. The Morgan fingerprint density at radius 2 is 1.81 bits per heavy atom. The van der Waals surface area contributed by atoms with E-state index in [1.807, 2.05) is 32.9 Å². The van der Waals surface area contributed by atoms with Crippen molar-refractivity contribution in [2.75, 3.05) is 5.32 Å². The summed E-state index contributed by atoms with van der Waals surface area (Å²) in [5.41, 5.74) is 2.24. The molecule has 2 N–H and O–H groups in total. The predicted molar refractivity (Wildman–Crippen MR) is 109 cm³/mol. The van der Waals surface area contributed by atoms with Crippen molar-refractivity contribution in [1.82, 2.24) is 5.32 Å². The number of rotatable bonds is 4. The summed E-state index contributed by atoms with van der Waals surface area (Å²) in [6.07, 6.45) is 6.75. The molecule has 148 valence electrons. The van der Waals surface area contributed by atoms with Crippen molar-refractivity contribution >= 4 is 11.8 Å². The van der Waals surface area contributed by atoms with Gasteiger partial charge in [-0.05, 0) is 93.7 Å². The number of amides is 1. The van der Waals surface area contributed by atoms with Crippen LogP contribution in [-0.4, -0.2) is 17.7 Å². The molecule has 3 fully saturated rings. The molecular formula is C23H34N2O2. The Morgan fingerprint density at radius 1 is 1.11 bits per heavy atom. The quantitative estimate of drug-likeness (QED) is 0.752. The van der Waals surface area contributed by atoms with Crippen molar-refractivity contribution < 1.29 is 9.53 Å². The van der Waals surface area contributed by atoms with E-state index in [0.29, 0.717) is 11.5 Å². The largest absolute Gasteiger partial charge is 0.444 e. The zero-order chi connectivity index (χ0) is 19.2. The third-order valence-corrected chi connectivity index (χ3v) is 7.00. The van der Waals surface area contributed by atoms with E-state index in [9.17, 15) is 4.79 Å². The predicted octanol–water partition coefficient (Wildman–Crippen LogP) is 5.34. The lowest BCUT2D eigenvalue weighted by Gasteiger charge is -2.48. The Labute approximate surface area is 163 Å². The molecule has 0 heterocycles. The fourth-order valence-corrected chi connectivity index (χ4v) is 6.05. The number of hydrogen-bond acceptors (Lipinski definition) is 3. The topological polar surface area (TPSA) is 50.4 Å². The van der Waals surface area contributed by atoms with Crippen molar-refractivity contribution in [3.8, 4) is 0 Å². The van der Waals surface area contributed by atoms with Gasteiger partial charge in [-0.3, -0.25) is 5.32 Å². The van der Waals surface area contributed by atoms with Gasteiger partial charge in [0.15, 0.2) is 0 Å². The van der Waals surface area contributed by atoms with Crippen LogP contribution >= 0.6 is 0 Å². The molecule has 1 aromatic rings. The monoisotopic (exact) mass is 370 g/mol. The van der Waals surface area contributed by atoms with Crippen LogP contribution in [-0.2, 0) is 11.3 Å². The number of carbonyl (C=O) groups excluding carboxylic acids is 1. The minimum atomic E-state index is -0.482. The molecule has 0 radical (unpaired) electrons. The number of anilines is 1. The van der Waals surface area contributed by atoms with Gasteiger partial charge in [0, 0.05) is 18.3 Å². The molecule has 27 heavy (non-hydrogen) atoms. The van der Waals surface area contributed by atoms with Crippen molar-refractivity contribution in [1.29, 1.82) is 0 Å². The van der Waals surface area contributed by atoms with Gasteiger partial charge < -0.3 is 10.1 Å². The highest BCUT2D eigenvalue weighted by molar-refractivity contribution is 5.84. The van der Waals surface area contributed by atoms with Crippen molar-refractivity contribution in [2.45, 2.75) is 78.0 Å². The molecule has 0 aromatic heterocycles.